The molecular formula is C25H27N5O3. The van der Waals surface area contributed by atoms with Crippen molar-refractivity contribution in [2.24, 2.45) is 0 Å². The van der Waals surface area contributed by atoms with Gasteiger partial charge in [0.15, 0.2) is 5.65 Å². The second kappa shape index (κ2) is 9.07. The van der Waals surface area contributed by atoms with E-state index in [-0.39, 0.29) is 12.5 Å². The molecule has 0 aliphatic carbocycles. The molecule has 4 heterocycles. The van der Waals surface area contributed by atoms with Crippen molar-refractivity contribution in [3.05, 3.63) is 66.2 Å². The van der Waals surface area contributed by atoms with Gasteiger partial charge in [-0.05, 0) is 42.8 Å². The molecule has 8 nitrogen and oxygen atoms in total. The summed E-state index contributed by atoms with van der Waals surface area (Å²) in [4.78, 5) is 21.9. The van der Waals surface area contributed by atoms with E-state index in [0.29, 0.717) is 18.7 Å². The third kappa shape index (κ3) is 4.34. The Balaban J connectivity index is 1.24. The van der Waals surface area contributed by atoms with Crippen molar-refractivity contribution in [1.29, 1.82) is 0 Å². The normalized spacial score (nSPS) is 14.7. The summed E-state index contributed by atoms with van der Waals surface area (Å²) in [5, 5.41) is 5.55. The molecule has 0 saturated carbocycles. The van der Waals surface area contributed by atoms with E-state index in [1.165, 1.54) is 5.56 Å². The minimum Gasteiger partial charge on any atom is -0.497 e. The Morgan fingerprint density at radius 2 is 1.88 bits per heavy atom. The van der Waals surface area contributed by atoms with Gasteiger partial charge < -0.3 is 14.1 Å². The Morgan fingerprint density at radius 1 is 1.09 bits per heavy atom. The number of aromatic nitrogens is 3. The zero-order valence-corrected chi connectivity index (χ0v) is 18.9. The molecule has 1 aromatic carbocycles. The highest BCUT2D eigenvalue weighted by atomic mass is 16.5. The smallest absolute Gasteiger partial charge is 0.244 e. The lowest BCUT2D eigenvalue weighted by Crippen LogP contribution is -2.49. The van der Waals surface area contributed by atoms with Crippen LogP contribution >= 0.6 is 0 Å². The number of piperazine rings is 1. The fourth-order valence-corrected chi connectivity index (χ4v) is 4.40. The summed E-state index contributed by atoms with van der Waals surface area (Å²) in [6.07, 6.45) is 3.39. The lowest BCUT2D eigenvalue weighted by molar-refractivity contribution is -0.133. The molecule has 3 aromatic heterocycles. The summed E-state index contributed by atoms with van der Waals surface area (Å²) in [6.45, 7) is 6.09. The van der Waals surface area contributed by atoms with E-state index >= 15 is 0 Å². The zero-order valence-electron chi connectivity index (χ0n) is 18.9. The van der Waals surface area contributed by atoms with Gasteiger partial charge in [-0.25, -0.2) is 9.67 Å². The van der Waals surface area contributed by atoms with Crippen LogP contribution in [-0.2, 0) is 17.9 Å². The van der Waals surface area contributed by atoms with Crippen molar-refractivity contribution in [1.82, 2.24) is 24.6 Å². The molecule has 33 heavy (non-hydrogen) atoms. The number of furan rings is 1. The molecule has 0 bridgehead atoms. The van der Waals surface area contributed by atoms with Gasteiger partial charge in [0.1, 0.15) is 18.1 Å². The number of nitrogens with zero attached hydrogens (tertiary/aromatic N) is 5. The van der Waals surface area contributed by atoms with Gasteiger partial charge in [0.2, 0.25) is 5.91 Å². The number of fused-ring (bicyclic) bond motifs is 1. The largest absolute Gasteiger partial charge is 0.497 e. The molecule has 8 heteroatoms. The molecule has 1 aliphatic rings. The lowest BCUT2D eigenvalue weighted by atomic mass is 10.1. The molecule has 5 rings (SSSR count). The first-order chi connectivity index (χ1) is 16.1. The Hall–Kier alpha value is -3.65. The maximum atomic E-state index is 13.1. The third-order valence-corrected chi connectivity index (χ3v) is 6.17. The van der Waals surface area contributed by atoms with E-state index in [9.17, 15) is 4.79 Å². The number of pyridine rings is 1. The summed E-state index contributed by atoms with van der Waals surface area (Å²) in [6, 6.07) is 13.8. The van der Waals surface area contributed by atoms with Crippen LogP contribution in [0.1, 0.15) is 11.3 Å². The van der Waals surface area contributed by atoms with Crippen LogP contribution in [0.5, 0.6) is 5.75 Å². The molecule has 0 radical (unpaired) electrons. The maximum Gasteiger partial charge on any atom is 0.244 e. The number of carbonyl (C=O) groups is 1. The van der Waals surface area contributed by atoms with Gasteiger partial charge in [0.05, 0.1) is 24.5 Å². The van der Waals surface area contributed by atoms with E-state index in [4.69, 9.17) is 9.15 Å². The summed E-state index contributed by atoms with van der Waals surface area (Å²) in [7, 11) is 1.67. The molecule has 0 spiro atoms. The first-order valence-corrected chi connectivity index (χ1v) is 11.1. The van der Waals surface area contributed by atoms with Crippen molar-refractivity contribution in [2.45, 2.75) is 20.0 Å². The van der Waals surface area contributed by atoms with Crippen LogP contribution in [0.2, 0.25) is 0 Å². The van der Waals surface area contributed by atoms with Crippen LogP contribution in [0, 0.1) is 6.92 Å². The molecular weight excluding hydrogens is 418 g/mol. The predicted octanol–water partition coefficient (Wildman–Crippen LogP) is 3.35. The van der Waals surface area contributed by atoms with E-state index < -0.39 is 0 Å². The van der Waals surface area contributed by atoms with Gasteiger partial charge in [0, 0.05) is 44.5 Å². The number of hydrogen-bond acceptors (Lipinski definition) is 6. The molecule has 0 N–H and O–H groups in total. The molecule has 1 amide bonds. The van der Waals surface area contributed by atoms with Crippen LogP contribution in [0.15, 0.2) is 59.3 Å². The van der Waals surface area contributed by atoms with Crippen LogP contribution < -0.4 is 4.74 Å². The van der Waals surface area contributed by atoms with Crippen LogP contribution in [-0.4, -0.2) is 63.8 Å². The maximum absolute atomic E-state index is 13.1. The Kier molecular flexibility index (Phi) is 5.83. The number of ether oxygens (including phenoxy) is 1. The molecule has 0 unspecified atom stereocenters. The summed E-state index contributed by atoms with van der Waals surface area (Å²) in [5.41, 5.74) is 3.72. The molecule has 1 fully saturated rings. The van der Waals surface area contributed by atoms with Gasteiger partial charge in [-0.1, -0.05) is 12.1 Å². The number of rotatable bonds is 6. The number of aryl methyl sites for hydroxylation is 1. The van der Waals surface area contributed by atoms with Gasteiger partial charge in [-0.2, -0.15) is 5.10 Å². The first-order valence-electron chi connectivity index (χ1n) is 11.1. The second-order valence-electron chi connectivity index (χ2n) is 8.28. The van der Waals surface area contributed by atoms with E-state index in [0.717, 1.165) is 47.8 Å². The SMILES string of the molecule is COc1ccc(CN2CCN(C(=O)Cn3nc(C)c4c(-c5ccco5)ccnc43)CC2)cc1. The Bertz CT molecular complexity index is 1240. The number of hydrogen-bond donors (Lipinski definition) is 0. The van der Waals surface area contributed by atoms with E-state index in [1.54, 1.807) is 24.3 Å². The summed E-state index contributed by atoms with van der Waals surface area (Å²) in [5.74, 6) is 1.69. The van der Waals surface area contributed by atoms with E-state index in [2.05, 4.69) is 27.1 Å². The second-order valence-corrected chi connectivity index (χ2v) is 8.28. The van der Waals surface area contributed by atoms with Gasteiger partial charge in [0.25, 0.3) is 0 Å². The van der Waals surface area contributed by atoms with Crippen molar-refractivity contribution in [3.8, 4) is 17.1 Å². The average molecular weight is 446 g/mol. The number of amides is 1. The van der Waals surface area contributed by atoms with Crippen LogP contribution in [0.3, 0.4) is 0 Å². The fourth-order valence-electron chi connectivity index (χ4n) is 4.40. The minimum atomic E-state index is 0.0636. The number of methoxy groups -OCH3 is 1. The Labute approximate surface area is 192 Å². The van der Waals surface area contributed by atoms with Gasteiger partial charge >= 0.3 is 0 Å². The highest BCUT2D eigenvalue weighted by Crippen LogP contribution is 2.30. The zero-order chi connectivity index (χ0) is 22.8. The molecule has 1 saturated heterocycles. The minimum absolute atomic E-state index is 0.0636. The van der Waals surface area contributed by atoms with Gasteiger partial charge in [-0.3, -0.25) is 9.69 Å². The third-order valence-electron chi connectivity index (χ3n) is 6.17. The van der Waals surface area contributed by atoms with Crippen LogP contribution in [0.4, 0.5) is 0 Å². The molecule has 1 aliphatic heterocycles. The van der Waals surface area contributed by atoms with Crippen molar-refractivity contribution < 1.29 is 13.9 Å². The highest BCUT2D eigenvalue weighted by molar-refractivity contribution is 5.93. The number of carbonyl (C=O) groups excluding carboxylic acids is 1. The fraction of sp³-hybridized carbons (Fsp3) is 0.320. The molecule has 0 atom stereocenters. The average Bonchev–Trinajstić information content (AvgIpc) is 3.49. The topological polar surface area (TPSA) is 76.6 Å². The van der Waals surface area contributed by atoms with E-state index in [1.807, 2.05) is 42.2 Å². The monoisotopic (exact) mass is 445 g/mol. The molecule has 4 aromatic rings. The standard InChI is InChI=1S/C25H27N5O3/c1-18-24-21(22-4-3-15-33-22)9-10-26-25(24)30(27-18)17-23(31)29-13-11-28(12-14-29)16-19-5-7-20(32-2)8-6-19/h3-10,15H,11-14,16-17H2,1-2H3. The quantitative estimate of drug-likeness (QED) is 0.453. The van der Waals surface area contributed by atoms with Crippen molar-refractivity contribution in [3.63, 3.8) is 0 Å². The first kappa shape index (κ1) is 21.2. The van der Waals surface area contributed by atoms with Crippen molar-refractivity contribution in [2.75, 3.05) is 33.3 Å². The van der Waals surface area contributed by atoms with Crippen molar-refractivity contribution >= 4 is 16.9 Å². The molecule has 170 valence electrons. The Morgan fingerprint density at radius 3 is 2.58 bits per heavy atom. The van der Waals surface area contributed by atoms with Crippen LogP contribution in [0.25, 0.3) is 22.4 Å². The summed E-state index contributed by atoms with van der Waals surface area (Å²) >= 11 is 0. The highest BCUT2D eigenvalue weighted by Gasteiger charge is 2.23. The lowest BCUT2D eigenvalue weighted by Gasteiger charge is -2.34. The summed E-state index contributed by atoms with van der Waals surface area (Å²) < 4.78 is 12.5. The predicted molar refractivity (Wildman–Crippen MR) is 125 cm³/mol. The number of benzene rings is 1. The van der Waals surface area contributed by atoms with Gasteiger partial charge in [-0.15, -0.1) is 0 Å².